The van der Waals surface area contributed by atoms with Crippen molar-refractivity contribution in [3.05, 3.63) is 78.4 Å². The lowest BCUT2D eigenvalue weighted by molar-refractivity contribution is -0.123. The SMILES string of the molecule is COc1ccc(S(=O)(=O)N2CCC(C(=O)N(Cc3ccccc3)c3nc4ccc(OC)cc4s3)CC2)cc1. The number of rotatable bonds is 8. The quantitative estimate of drug-likeness (QED) is 0.308. The number of methoxy groups -OCH3 is 2. The molecule has 0 aliphatic carbocycles. The van der Waals surface area contributed by atoms with E-state index in [1.165, 1.54) is 22.8 Å². The summed E-state index contributed by atoms with van der Waals surface area (Å²) in [6.07, 6.45) is 0.885. The second-order valence-electron chi connectivity index (χ2n) is 9.09. The number of fused-ring (bicyclic) bond motifs is 1. The van der Waals surface area contributed by atoms with Crippen LogP contribution in [0.4, 0.5) is 5.13 Å². The number of aromatic nitrogens is 1. The van der Waals surface area contributed by atoms with Gasteiger partial charge in [0, 0.05) is 19.0 Å². The van der Waals surface area contributed by atoms with Crippen molar-refractivity contribution in [1.82, 2.24) is 9.29 Å². The Morgan fingerprint density at radius 3 is 2.29 bits per heavy atom. The molecule has 0 saturated carbocycles. The maximum absolute atomic E-state index is 13.9. The van der Waals surface area contributed by atoms with Gasteiger partial charge in [0.2, 0.25) is 15.9 Å². The molecule has 8 nitrogen and oxygen atoms in total. The molecule has 1 saturated heterocycles. The molecule has 2 heterocycles. The highest BCUT2D eigenvalue weighted by Gasteiger charge is 2.35. The molecule has 0 spiro atoms. The molecular weight excluding hydrogens is 522 g/mol. The van der Waals surface area contributed by atoms with Crippen LogP contribution in [0.15, 0.2) is 77.7 Å². The summed E-state index contributed by atoms with van der Waals surface area (Å²) in [7, 11) is -0.491. The number of piperidine rings is 1. The molecule has 0 radical (unpaired) electrons. The van der Waals surface area contributed by atoms with Gasteiger partial charge in [0.15, 0.2) is 5.13 Å². The minimum absolute atomic E-state index is 0.0404. The summed E-state index contributed by atoms with van der Waals surface area (Å²) >= 11 is 1.45. The van der Waals surface area contributed by atoms with Gasteiger partial charge in [0.25, 0.3) is 0 Å². The molecule has 4 aromatic rings. The Bertz CT molecular complexity index is 1510. The summed E-state index contributed by atoms with van der Waals surface area (Å²) in [6, 6.07) is 21.9. The van der Waals surface area contributed by atoms with E-state index in [-0.39, 0.29) is 29.8 Å². The third-order valence-corrected chi connectivity index (χ3v) is 9.72. The van der Waals surface area contributed by atoms with Crippen molar-refractivity contribution in [3.8, 4) is 11.5 Å². The second-order valence-corrected chi connectivity index (χ2v) is 12.0. The normalized spacial score (nSPS) is 14.9. The minimum Gasteiger partial charge on any atom is -0.497 e. The van der Waals surface area contributed by atoms with Gasteiger partial charge < -0.3 is 9.47 Å². The molecule has 1 fully saturated rings. The largest absolute Gasteiger partial charge is 0.497 e. The minimum atomic E-state index is -3.65. The van der Waals surface area contributed by atoms with Crippen molar-refractivity contribution in [2.75, 3.05) is 32.2 Å². The van der Waals surface area contributed by atoms with Crippen LogP contribution in [0.5, 0.6) is 11.5 Å². The Labute approximate surface area is 226 Å². The maximum atomic E-state index is 13.9. The van der Waals surface area contributed by atoms with Crippen LogP contribution in [0.25, 0.3) is 10.2 Å². The summed E-state index contributed by atoms with van der Waals surface area (Å²) in [5.41, 5.74) is 1.80. The maximum Gasteiger partial charge on any atom is 0.243 e. The summed E-state index contributed by atoms with van der Waals surface area (Å²) in [5, 5.41) is 0.621. The predicted octanol–water partition coefficient (Wildman–Crippen LogP) is 4.95. The number of thiazole rings is 1. The Hall–Kier alpha value is -3.47. The fourth-order valence-electron chi connectivity index (χ4n) is 4.60. The van der Waals surface area contributed by atoms with E-state index in [2.05, 4.69) is 0 Å². The number of carbonyl (C=O) groups excluding carboxylic acids is 1. The number of carbonyl (C=O) groups is 1. The highest BCUT2D eigenvalue weighted by molar-refractivity contribution is 7.89. The third-order valence-electron chi connectivity index (χ3n) is 6.77. The smallest absolute Gasteiger partial charge is 0.243 e. The molecule has 0 atom stereocenters. The molecule has 3 aromatic carbocycles. The molecule has 1 aromatic heterocycles. The van der Waals surface area contributed by atoms with Crippen LogP contribution >= 0.6 is 11.3 Å². The second kappa shape index (κ2) is 11.1. The number of benzene rings is 3. The first-order chi connectivity index (χ1) is 18.4. The number of sulfonamides is 1. The van der Waals surface area contributed by atoms with Crippen molar-refractivity contribution in [3.63, 3.8) is 0 Å². The van der Waals surface area contributed by atoms with Crippen LogP contribution in [-0.2, 0) is 21.4 Å². The zero-order chi connectivity index (χ0) is 26.7. The number of hydrogen-bond acceptors (Lipinski definition) is 7. The fourth-order valence-corrected chi connectivity index (χ4v) is 7.07. The van der Waals surface area contributed by atoms with Gasteiger partial charge in [-0.05, 0) is 60.9 Å². The lowest BCUT2D eigenvalue weighted by atomic mass is 9.96. The van der Waals surface area contributed by atoms with Crippen LogP contribution < -0.4 is 14.4 Å². The van der Waals surface area contributed by atoms with Crippen molar-refractivity contribution in [1.29, 1.82) is 0 Å². The first-order valence-corrected chi connectivity index (χ1v) is 14.6. The molecule has 1 aliphatic heterocycles. The van der Waals surface area contributed by atoms with E-state index in [1.807, 2.05) is 48.5 Å². The Kier molecular flexibility index (Phi) is 7.64. The van der Waals surface area contributed by atoms with Gasteiger partial charge in [-0.2, -0.15) is 4.31 Å². The summed E-state index contributed by atoms with van der Waals surface area (Å²) < 4.78 is 39.3. The van der Waals surface area contributed by atoms with Crippen molar-refractivity contribution >= 4 is 42.6 Å². The zero-order valence-electron chi connectivity index (χ0n) is 21.2. The number of ether oxygens (including phenoxy) is 2. The van der Waals surface area contributed by atoms with Crippen LogP contribution in [0.1, 0.15) is 18.4 Å². The van der Waals surface area contributed by atoms with E-state index in [1.54, 1.807) is 36.3 Å². The molecule has 198 valence electrons. The van der Waals surface area contributed by atoms with Crippen LogP contribution in [0.3, 0.4) is 0 Å². The molecule has 10 heteroatoms. The lowest BCUT2D eigenvalue weighted by Gasteiger charge is -2.33. The van der Waals surface area contributed by atoms with Crippen molar-refractivity contribution in [2.24, 2.45) is 5.92 Å². The first-order valence-electron chi connectivity index (χ1n) is 12.3. The Balaban J connectivity index is 1.36. The first kappa shape index (κ1) is 26.1. The topological polar surface area (TPSA) is 89.0 Å². The van der Waals surface area contributed by atoms with Gasteiger partial charge in [0.05, 0.1) is 35.9 Å². The molecule has 0 unspecified atom stereocenters. The number of hydrogen-bond donors (Lipinski definition) is 0. The van der Waals surface area contributed by atoms with E-state index in [0.29, 0.717) is 30.3 Å². The standard InChI is InChI=1S/C28H29N3O5S2/c1-35-22-8-11-24(12-9-22)38(33,34)30-16-14-21(15-17-30)27(32)31(19-20-6-4-3-5-7-20)28-29-25-13-10-23(36-2)18-26(25)37-28/h3-13,18,21H,14-17,19H2,1-2H3. The number of nitrogens with zero attached hydrogens (tertiary/aromatic N) is 3. The summed E-state index contributed by atoms with van der Waals surface area (Å²) in [5.74, 6) is 0.989. The number of anilines is 1. The molecule has 0 bridgehead atoms. The predicted molar refractivity (Wildman–Crippen MR) is 148 cm³/mol. The average Bonchev–Trinajstić information content (AvgIpc) is 3.39. The molecule has 1 amide bonds. The zero-order valence-corrected chi connectivity index (χ0v) is 22.9. The van der Waals surface area contributed by atoms with Gasteiger partial charge in [-0.15, -0.1) is 0 Å². The van der Waals surface area contributed by atoms with Crippen molar-refractivity contribution < 1.29 is 22.7 Å². The highest BCUT2D eigenvalue weighted by Crippen LogP contribution is 2.34. The Morgan fingerprint density at radius 2 is 1.63 bits per heavy atom. The van der Waals surface area contributed by atoms with E-state index >= 15 is 0 Å². The molecule has 1 aliphatic rings. The lowest BCUT2D eigenvalue weighted by Crippen LogP contribution is -2.44. The summed E-state index contributed by atoms with van der Waals surface area (Å²) in [6.45, 7) is 0.947. The van der Waals surface area contributed by atoms with Crippen molar-refractivity contribution in [2.45, 2.75) is 24.3 Å². The molecular formula is C28H29N3O5S2. The van der Waals surface area contributed by atoms with E-state index in [4.69, 9.17) is 14.5 Å². The number of amides is 1. The van der Waals surface area contributed by atoms with Gasteiger partial charge >= 0.3 is 0 Å². The van der Waals surface area contributed by atoms with Crippen LogP contribution in [0.2, 0.25) is 0 Å². The monoisotopic (exact) mass is 551 g/mol. The van der Waals surface area contributed by atoms with Gasteiger partial charge in [-0.1, -0.05) is 41.7 Å². The van der Waals surface area contributed by atoms with E-state index < -0.39 is 10.0 Å². The van der Waals surface area contributed by atoms with Gasteiger partial charge in [0.1, 0.15) is 11.5 Å². The van der Waals surface area contributed by atoms with Crippen LogP contribution in [0, 0.1) is 5.92 Å². The third kappa shape index (κ3) is 5.38. The molecule has 0 N–H and O–H groups in total. The summed E-state index contributed by atoms with van der Waals surface area (Å²) in [4.78, 5) is 20.6. The van der Waals surface area contributed by atoms with Gasteiger partial charge in [-0.3, -0.25) is 9.69 Å². The van der Waals surface area contributed by atoms with Crippen LogP contribution in [-0.4, -0.2) is 50.9 Å². The van der Waals surface area contributed by atoms with E-state index in [0.717, 1.165) is 21.5 Å². The van der Waals surface area contributed by atoms with Gasteiger partial charge in [-0.25, -0.2) is 13.4 Å². The molecule has 5 rings (SSSR count). The molecule has 38 heavy (non-hydrogen) atoms. The Morgan fingerprint density at radius 1 is 0.974 bits per heavy atom. The fraction of sp³-hybridized carbons (Fsp3) is 0.286. The highest BCUT2D eigenvalue weighted by atomic mass is 32.2. The average molecular weight is 552 g/mol. The van der Waals surface area contributed by atoms with E-state index in [9.17, 15) is 13.2 Å².